The highest BCUT2D eigenvalue weighted by molar-refractivity contribution is 6.30. The average Bonchev–Trinajstić information content (AvgIpc) is 2.57. The molecule has 24 heavy (non-hydrogen) atoms. The van der Waals surface area contributed by atoms with Crippen molar-refractivity contribution in [3.8, 4) is 11.5 Å². The quantitative estimate of drug-likeness (QED) is 0.698. The van der Waals surface area contributed by atoms with Gasteiger partial charge in [0.15, 0.2) is 11.6 Å². The number of hydrogen-bond acceptors (Lipinski definition) is 3. The van der Waals surface area contributed by atoms with E-state index in [0.717, 1.165) is 0 Å². The molecule has 0 saturated heterocycles. The topological polar surface area (TPSA) is 47.6 Å². The number of carbonyl (C=O) groups excluding carboxylic acids is 1. The number of rotatable bonds is 9. The van der Waals surface area contributed by atoms with E-state index in [-0.39, 0.29) is 18.3 Å². The Labute approximate surface area is 145 Å². The summed E-state index contributed by atoms with van der Waals surface area (Å²) in [5, 5.41) is 3.35. The first-order valence-corrected chi connectivity index (χ1v) is 8.05. The third kappa shape index (κ3) is 6.46. The summed E-state index contributed by atoms with van der Waals surface area (Å²) in [5.74, 6) is 0.366. The molecule has 4 nitrogen and oxygen atoms in total. The standard InChI is InChI=1S/C18H19ClFNO3/c19-14-5-3-6-15(13-14)23-12-10-21-18(22)9-4-11-24-17-8-2-1-7-16(17)20/h1-3,5-8,13H,4,9-12H2,(H,21,22). The first-order chi connectivity index (χ1) is 11.6. The van der Waals surface area contributed by atoms with Crippen molar-refractivity contribution in [2.45, 2.75) is 12.8 Å². The number of hydrogen-bond donors (Lipinski definition) is 1. The van der Waals surface area contributed by atoms with Crippen LogP contribution in [-0.2, 0) is 4.79 Å². The lowest BCUT2D eigenvalue weighted by molar-refractivity contribution is -0.121. The van der Waals surface area contributed by atoms with Gasteiger partial charge >= 0.3 is 0 Å². The number of ether oxygens (including phenoxy) is 2. The molecule has 1 N–H and O–H groups in total. The fourth-order valence-corrected chi connectivity index (χ4v) is 2.16. The Bertz CT molecular complexity index is 666. The summed E-state index contributed by atoms with van der Waals surface area (Å²) in [6.07, 6.45) is 0.820. The summed E-state index contributed by atoms with van der Waals surface area (Å²) in [5.41, 5.74) is 0. The Morgan fingerprint density at radius 3 is 2.71 bits per heavy atom. The van der Waals surface area contributed by atoms with Gasteiger partial charge in [0.1, 0.15) is 12.4 Å². The van der Waals surface area contributed by atoms with Gasteiger partial charge in [0.05, 0.1) is 13.2 Å². The van der Waals surface area contributed by atoms with Crippen molar-refractivity contribution in [3.05, 3.63) is 59.4 Å². The number of carbonyl (C=O) groups is 1. The molecule has 0 atom stereocenters. The van der Waals surface area contributed by atoms with Gasteiger partial charge in [-0.3, -0.25) is 4.79 Å². The second kappa shape index (κ2) is 9.78. The highest BCUT2D eigenvalue weighted by Gasteiger charge is 2.04. The van der Waals surface area contributed by atoms with E-state index in [1.807, 2.05) is 0 Å². The zero-order valence-corrected chi connectivity index (χ0v) is 13.9. The van der Waals surface area contributed by atoms with E-state index in [1.54, 1.807) is 42.5 Å². The van der Waals surface area contributed by atoms with E-state index in [0.29, 0.717) is 36.8 Å². The maximum Gasteiger partial charge on any atom is 0.220 e. The van der Waals surface area contributed by atoms with Crippen LogP contribution in [0.5, 0.6) is 11.5 Å². The van der Waals surface area contributed by atoms with Gasteiger partial charge in [0, 0.05) is 11.4 Å². The summed E-state index contributed by atoms with van der Waals surface area (Å²) in [6.45, 7) is 1.05. The summed E-state index contributed by atoms with van der Waals surface area (Å²) in [4.78, 5) is 11.7. The number of benzene rings is 2. The van der Waals surface area contributed by atoms with Crippen LogP contribution in [0, 0.1) is 5.82 Å². The maximum absolute atomic E-state index is 13.3. The zero-order chi connectivity index (χ0) is 17.2. The Hall–Kier alpha value is -2.27. The molecule has 0 bridgehead atoms. The molecule has 2 aromatic carbocycles. The Balaban J connectivity index is 1.54. The molecule has 128 valence electrons. The summed E-state index contributed by atoms with van der Waals surface area (Å²) in [6, 6.07) is 13.3. The van der Waals surface area contributed by atoms with E-state index in [9.17, 15) is 9.18 Å². The molecule has 0 saturated carbocycles. The van der Waals surface area contributed by atoms with Gasteiger partial charge in [-0.25, -0.2) is 4.39 Å². The summed E-state index contributed by atoms with van der Waals surface area (Å²) < 4.78 is 24.1. The van der Waals surface area contributed by atoms with Crippen molar-refractivity contribution in [1.82, 2.24) is 5.32 Å². The van der Waals surface area contributed by atoms with Crippen LogP contribution >= 0.6 is 11.6 Å². The van der Waals surface area contributed by atoms with Crippen LogP contribution in [-0.4, -0.2) is 25.7 Å². The molecule has 2 aromatic rings. The van der Waals surface area contributed by atoms with Gasteiger partial charge in [-0.1, -0.05) is 29.8 Å². The smallest absolute Gasteiger partial charge is 0.220 e. The fraction of sp³-hybridized carbons (Fsp3) is 0.278. The molecule has 1 amide bonds. The first-order valence-electron chi connectivity index (χ1n) is 7.67. The van der Waals surface area contributed by atoms with Crippen molar-refractivity contribution in [3.63, 3.8) is 0 Å². The summed E-state index contributed by atoms with van der Waals surface area (Å²) >= 11 is 5.85. The van der Waals surface area contributed by atoms with Crippen LogP contribution in [0.15, 0.2) is 48.5 Å². The van der Waals surface area contributed by atoms with Gasteiger partial charge in [0.2, 0.25) is 5.91 Å². The van der Waals surface area contributed by atoms with E-state index >= 15 is 0 Å². The number of para-hydroxylation sites is 1. The average molecular weight is 352 g/mol. The molecular weight excluding hydrogens is 333 g/mol. The van der Waals surface area contributed by atoms with Crippen molar-refractivity contribution in [2.24, 2.45) is 0 Å². The molecule has 0 unspecified atom stereocenters. The van der Waals surface area contributed by atoms with E-state index < -0.39 is 5.82 Å². The Kier molecular flexibility index (Phi) is 7.36. The number of nitrogens with one attached hydrogen (secondary N) is 1. The predicted octanol–water partition coefficient (Wildman–Crippen LogP) is 3.83. The summed E-state index contributed by atoms with van der Waals surface area (Å²) in [7, 11) is 0. The molecule has 0 radical (unpaired) electrons. The van der Waals surface area contributed by atoms with Gasteiger partial charge < -0.3 is 14.8 Å². The molecule has 0 aromatic heterocycles. The normalized spacial score (nSPS) is 10.2. The molecule has 6 heteroatoms. The number of halogens is 2. The van der Waals surface area contributed by atoms with Crippen LogP contribution in [0.1, 0.15) is 12.8 Å². The van der Waals surface area contributed by atoms with Crippen LogP contribution in [0.3, 0.4) is 0 Å². The highest BCUT2D eigenvalue weighted by atomic mass is 35.5. The minimum atomic E-state index is -0.403. The van der Waals surface area contributed by atoms with Gasteiger partial charge in [0.25, 0.3) is 0 Å². The molecule has 0 heterocycles. The highest BCUT2D eigenvalue weighted by Crippen LogP contribution is 2.17. The van der Waals surface area contributed by atoms with Crippen molar-refractivity contribution in [1.29, 1.82) is 0 Å². The van der Waals surface area contributed by atoms with Crippen LogP contribution in [0.25, 0.3) is 0 Å². The Morgan fingerprint density at radius 1 is 1.08 bits per heavy atom. The first kappa shape index (κ1) is 18.1. The van der Waals surface area contributed by atoms with Crippen molar-refractivity contribution >= 4 is 17.5 Å². The molecule has 0 aliphatic heterocycles. The lowest BCUT2D eigenvalue weighted by Crippen LogP contribution is -2.28. The lowest BCUT2D eigenvalue weighted by Gasteiger charge is -2.09. The van der Waals surface area contributed by atoms with Crippen molar-refractivity contribution < 1.29 is 18.7 Å². The third-order valence-corrected chi connectivity index (χ3v) is 3.37. The lowest BCUT2D eigenvalue weighted by atomic mass is 10.3. The van der Waals surface area contributed by atoms with Crippen LogP contribution in [0.4, 0.5) is 4.39 Å². The van der Waals surface area contributed by atoms with E-state index in [4.69, 9.17) is 21.1 Å². The van der Waals surface area contributed by atoms with E-state index in [2.05, 4.69) is 5.32 Å². The number of amides is 1. The SMILES string of the molecule is O=C(CCCOc1ccccc1F)NCCOc1cccc(Cl)c1. The fourth-order valence-electron chi connectivity index (χ4n) is 1.98. The second-order valence-corrected chi connectivity index (χ2v) is 5.47. The van der Waals surface area contributed by atoms with Crippen LogP contribution < -0.4 is 14.8 Å². The third-order valence-electron chi connectivity index (χ3n) is 3.13. The van der Waals surface area contributed by atoms with Gasteiger partial charge in [-0.15, -0.1) is 0 Å². The predicted molar refractivity (Wildman–Crippen MR) is 91.1 cm³/mol. The molecule has 0 fully saturated rings. The maximum atomic E-state index is 13.3. The molecule has 2 rings (SSSR count). The molecule has 0 aliphatic rings. The van der Waals surface area contributed by atoms with Crippen LogP contribution in [0.2, 0.25) is 5.02 Å². The second-order valence-electron chi connectivity index (χ2n) is 5.04. The monoisotopic (exact) mass is 351 g/mol. The molecule has 0 aliphatic carbocycles. The minimum Gasteiger partial charge on any atom is -0.492 e. The largest absolute Gasteiger partial charge is 0.492 e. The van der Waals surface area contributed by atoms with Crippen molar-refractivity contribution in [2.75, 3.05) is 19.8 Å². The van der Waals surface area contributed by atoms with E-state index in [1.165, 1.54) is 6.07 Å². The zero-order valence-electron chi connectivity index (χ0n) is 13.1. The Morgan fingerprint density at radius 2 is 1.92 bits per heavy atom. The molecule has 0 spiro atoms. The molecular formula is C18H19ClFNO3. The van der Waals surface area contributed by atoms with Gasteiger partial charge in [-0.05, 0) is 36.8 Å². The minimum absolute atomic E-state index is 0.0955. The van der Waals surface area contributed by atoms with Gasteiger partial charge in [-0.2, -0.15) is 0 Å².